The molecule has 0 saturated heterocycles. The van der Waals surface area contributed by atoms with Crippen molar-refractivity contribution in [2.75, 3.05) is 27.9 Å². The second-order valence-electron chi connectivity index (χ2n) is 8.91. The van der Waals surface area contributed by atoms with Crippen molar-refractivity contribution in [1.82, 2.24) is 4.31 Å². The van der Waals surface area contributed by atoms with Gasteiger partial charge in [-0.2, -0.15) is 4.31 Å². The van der Waals surface area contributed by atoms with E-state index in [2.05, 4.69) is 0 Å². The third-order valence-electron chi connectivity index (χ3n) is 5.73. The maximum atomic E-state index is 13.7. The van der Waals surface area contributed by atoms with E-state index in [1.165, 1.54) is 25.6 Å². The highest BCUT2D eigenvalue weighted by molar-refractivity contribution is 7.89. The summed E-state index contributed by atoms with van der Waals surface area (Å²) in [5.74, 6) is 0.892. The first-order chi connectivity index (χ1) is 15.0. The molecule has 1 heterocycles. The molecule has 8 heteroatoms. The number of sulfonamides is 1. The molecule has 3 rings (SSSR count). The fourth-order valence-electron chi connectivity index (χ4n) is 4.02. The monoisotopic (exact) mass is 461 g/mol. The van der Waals surface area contributed by atoms with Crippen molar-refractivity contribution in [2.45, 2.75) is 45.1 Å². The van der Waals surface area contributed by atoms with E-state index in [-0.39, 0.29) is 17.2 Å². The summed E-state index contributed by atoms with van der Waals surface area (Å²) in [4.78, 5) is 13.9. The molecule has 1 aliphatic heterocycles. The number of hydrogen-bond donors (Lipinski definition) is 0. The van der Waals surface area contributed by atoms with E-state index < -0.39 is 21.5 Å². The van der Waals surface area contributed by atoms with Crippen LogP contribution in [0.3, 0.4) is 0 Å². The summed E-state index contributed by atoms with van der Waals surface area (Å²) in [6.45, 7) is 7.41. The topological polar surface area (TPSA) is 82.1 Å². The molecule has 7 nitrogen and oxygen atoms in total. The average Bonchev–Trinajstić information content (AvgIpc) is 2.75. The van der Waals surface area contributed by atoms with Gasteiger partial charge in [0.2, 0.25) is 15.8 Å². The summed E-state index contributed by atoms with van der Waals surface area (Å²) >= 11 is 0. The number of Topliss-reactive ketones (excluding diaryl/α,β-unsaturated/α-hetero) is 1. The fourth-order valence-corrected chi connectivity index (χ4v) is 5.58. The maximum Gasteiger partial charge on any atom is 0.244 e. The molecule has 1 unspecified atom stereocenters. The second kappa shape index (κ2) is 8.75. The minimum atomic E-state index is -3.95. The summed E-state index contributed by atoms with van der Waals surface area (Å²) in [5.41, 5.74) is 1.47. The highest BCUT2D eigenvalue weighted by atomic mass is 32.2. The van der Waals surface area contributed by atoms with E-state index in [1.807, 2.05) is 6.92 Å². The number of aryl methyl sites for hydroxylation is 1. The van der Waals surface area contributed by atoms with E-state index in [0.29, 0.717) is 29.2 Å². The quantitative estimate of drug-likeness (QED) is 0.648. The third-order valence-corrected chi connectivity index (χ3v) is 7.61. The van der Waals surface area contributed by atoms with Gasteiger partial charge in [-0.15, -0.1) is 0 Å². The van der Waals surface area contributed by atoms with Gasteiger partial charge in [-0.1, -0.05) is 38.5 Å². The first kappa shape index (κ1) is 24.1. The zero-order chi connectivity index (χ0) is 23.8. The van der Waals surface area contributed by atoms with Crippen molar-refractivity contribution in [2.24, 2.45) is 5.41 Å². The lowest BCUT2D eigenvalue weighted by Gasteiger charge is -2.39. The first-order valence-corrected chi connectivity index (χ1v) is 11.9. The highest BCUT2D eigenvalue weighted by Gasteiger charge is 2.46. The lowest BCUT2D eigenvalue weighted by molar-refractivity contribution is -0.130. The van der Waals surface area contributed by atoms with Crippen LogP contribution in [-0.4, -0.2) is 46.4 Å². The highest BCUT2D eigenvalue weighted by Crippen LogP contribution is 2.50. The zero-order valence-electron chi connectivity index (χ0n) is 19.7. The molecule has 2 aromatic carbocycles. The standard InChI is InChI=1S/C24H31NO6S/c1-15-8-10-17(11-9-15)32(27,28)25-13-12-16-14-18(29-5)21(30-6)22(31-7)19(16)20(25)23(26)24(2,3)4/h8-11,14,20H,12-13H2,1-7H3. The van der Waals surface area contributed by atoms with Gasteiger partial charge in [-0.3, -0.25) is 4.79 Å². The molecule has 0 aliphatic carbocycles. The van der Waals surface area contributed by atoms with Gasteiger partial charge in [-0.25, -0.2) is 8.42 Å². The van der Waals surface area contributed by atoms with Gasteiger partial charge in [0, 0.05) is 17.5 Å². The van der Waals surface area contributed by atoms with E-state index in [0.717, 1.165) is 11.1 Å². The summed E-state index contributed by atoms with van der Waals surface area (Å²) in [7, 11) is 0.534. The van der Waals surface area contributed by atoms with Gasteiger partial charge >= 0.3 is 0 Å². The molecule has 32 heavy (non-hydrogen) atoms. The van der Waals surface area contributed by atoms with Gasteiger partial charge in [-0.05, 0) is 37.1 Å². The number of hydrogen-bond acceptors (Lipinski definition) is 6. The van der Waals surface area contributed by atoms with E-state index in [1.54, 1.807) is 51.1 Å². The van der Waals surface area contributed by atoms with Crippen LogP contribution in [0.25, 0.3) is 0 Å². The number of ketones is 1. The van der Waals surface area contributed by atoms with Crippen LogP contribution in [0.5, 0.6) is 17.2 Å². The van der Waals surface area contributed by atoms with Crippen LogP contribution >= 0.6 is 0 Å². The Morgan fingerprint density at radius 1 is 1.00 bits per heavy atom. The Morgan fingerprint density at radius 2 is 1.59 bits per heavy atom. The molecular formula is C24H31NO6S. The van der Waals surface area contributed by atoms with Crippen LogP contribution in [0, 0.1) is 12.3 Å². The predicted octanol–water partition coefficient (Wildman–Crippen LogP) is 3.92. The number of rotatable bonds is 6. The van der Waals surface area contributed by atoms with Crippen LogP contribution in [0.1, 0.15) is 43.5 Å². The lowest BCUT2D eigenvalue weighted by Crippen LogP contribution is -2.46. The van der Waals surface area contributed by atoms with Crippen molar-refractivity contribution in [3.63, 3.8) is 0 Å². The van der Waals surface area contributed by atoms with Crippen LogP contribution in [0.2, 0.25) is 0 Å². The Labute approximate surface area is 190 Å². The average molecular weight is 462 g/mol. The molecule has 0 aromatic heterocycles. The largest absolute Gasteiger partial charge is 0.493 e. The Bertz CT molecular complexity index is 1120. The van der Waals surface area contributed by atoms with Crippen molar-refractivity contribution >= 4 is 15.8 Å². The molecule has 1 atom stereocenters. The van der Waals surface area contributed by atoms with Crippen molar-refractivity contribution < 1.29 is 27.4 Å². The molecule has 0 N–H and O–H groups in total. The number of carbonyl (C=O) groups excluding carboxylic acids is 1. The zero-order valence-corrected chi connectivity index (χ0v) is 20.5. The maximum absolute atomic E-state index is 13.7. The normalized spacial score (nSPS) is 16.9. The van der Waals surface area contributed by atoms with Crippen molar-refractivity contribution in [3.05, 3.63) is 47.0 Å². The number of fused-ring (bicyclic) bond motifs is 1. The summed E-state index contributed by atoms with van der Waals surface area (Å²) < 4.78 is 45.4. The van der Waals surface area contributed by atoms with Gasteiger partial charge < -0.3 is 14.2 Å². The SMILES string of the molecule is COc1cc2c(c(OC)c1OC)C(C(=O)C(C)(C)C)N(S(=O)(=O)c1ccc(C)cc1)CC2. The molecule has 0 radical (unpaired) electrons. The van der Waals surface area contributed by atoms with Gasteiger partial charge in [0.15, 0.2) is 17.3 Å². The van der Waals surface area contributed by atoms with Gasteiger partial charge in [0.25, 0.3) is 0 Å². The van der Waals surface area contributed by atoms with E-state index >= 15 is 0 Å². The molecule has 0 fully saturated rings. The first-order valence-electron chi connectivity index (χ1n) is 10.4. The molecule has 2 aromatic rings. The van der Waals surface area contributed by atoms with Crippen LogP contribution < -0.4 is 14.2 Å². The third kappa shape index (κ3) is 4.09. The molecule has 174 valence electrons. The number of carbonyl (C=O) groups is 1. The van der Waals surface area contributed by atoms with E-state index in [4.69, 9.17) is 14.2 Å². The number of benzene rings is 2. The van der Waals surface area contributed by atoms with Crippen molar-refractivity contribution in [1.29, 1.82) is 0 Å². The fraction of sp³-hybridized carbons (Fsp3) is 0.458. The summed E-state index contributed by atoms with van der Waals surface area (Å²) in [5, 5.41) is 0. The Balaban J connectivity index is 2.30. The second-order valence-corrected chi connectivity index (χ2v) is 10.8. The number of nitrogens with zero attached hydrogens (tertiary/aromatic N) is 1. The minimum absolute atomic E-state index is 0.151. The van der Waals surface area contributed by atoms with Gasteiger partial charge in [0.05, 0.1) is 26.2 Å². The number of ether oxygens (including phenoxy) is 3. The van der Waals surface area contributed by atoms with Crippen LogP contribution in [0.15, 0.2) is 35.2 Å². The van der Waals surface area contributed by atoms with Crippen LogP contribution in [0.4, 0.5) is 0 Å². The Kier molecular flexibility index (Phi) is 6.58. The van der Waals surface area contributed by atoms with Crippen molar-refractivity contribution in [3.8, 4) is 17.2 Å². The molecule has 0 spiro atoms. The number of methoxy groups -OCH3 is 3. The molecule has 0 bridgehead atoms. The minimum Gasteiger partial charge on any atom is -0.493 e. The van der Waals surface area contributed by atoms with Crippen LogP contribution in [-0.2, 0) is 21.2 Å². The van der Waals surface area contributed by atoms with E-state index in [9.17, 15) is 13.2 Å². The molecular weight excluding hydrogens is 430 g/mol. The smallest absolute Gasteiger partial charge is 0.244 e. The van der Waals surface area contributed by atoms with Gasteiger partial charge in [0.1, 0.15) is 6.04 Å². The Hall–Kier alpha value is -2.58. The predicted molar refractivity (Wildman–Crippen MR) is 122 cm³/mol. The summed E-state index contributed by atoms with van der Waals surface area (Å²) in [6, 6.07) is 7.39. The molecule has 0 amide bonds. The molecule has 0 saturated carbocycles. The Morgan fingerprint density at radius 3 is 2.09 bits per heavy atom. The lowest BCUT2D eigenvalue weighted by atomic mass is 9.80. The molecule has 1 aliphatic rings. The summed E-state index contributed by atoms with van der Waals surface area (Å²) in [6.07, 6.45) is 0.408.